The van der Waals surface area contributed by atoms with Crippen molar-refractivity contribution < 1.29 is 23.8 Å². The Morgan fingerprint density at radius 2 is 1.62 bits per heavy atom. The fourth-order valence-corrected chi connectivity index (χ4v) is 4.26. The quantitative estimate of drug-likeness (QED) is 0.569. The van der Waals surface area contributed by atoms with E-state index >= 15 is 0 Å². The Labute approximate surface area is 144 Å². The van der Waals surface area contributed by atoms with Crippen LogP contribution in [0.25, 0.3) is 0 Å². The first kappa shape index (κ1) is 19.0. The molecule has 0 aromatic heterocycles. The molecule has 24 heavy (non-hydrogen) atoms. The van der Waals surface area contributed by atoms with Gasteiger partial charge in [-0.2, -0.15) is 0 Å². The van der Waals surface area contributed by atoms with E-state index in [1.165, 1.54) is 0 Å². The van der Waals surface area contributed by atoms with Crippen molar-refractivity contribution in [2.45, 2.75) is 96.6 Å². The van der Waals surface area contributed by atoms with Crippen molar-refractivity contribution in [3.8, 4) is 0 Å². The second-order valence-electron chi connectivity index (χ2n) is 9.11. The van der Waals surface area contributed by atoms with E-state index < -0.39 is 28.4 Å². The molecular formula is C18H31NO5. The molecule has 6 nitrogen and oxygen atoms in total. The van der Waals surface area contributed by atoms with E-state index in [0.29, 0.717) is 19.4 Å². The number of rotatable bonds is 2. The lowest BCUT2D eigenvalue weighted by atomic mass is 9.72. The topological polar surface area (TPSA) is 68.4 Å². The van der Waals surface area contributed by atoms with Crippen molar-refractivity contribution >= 4 is 12.1 Å². The number of hydrogen-bond donors (Lipinski definition) is 0. The number of epoxide rings is 1. The molecule has 0 N–H and O–H groups in total. The van der Waals surface area contributed by atoms with Crippen LogP contribution in [0.3, 0.4) is 0 Å². The summed E-state index contributed by atoms with van der Waals surface area (Å²) >= 11 is 0. The Balaban J connectivity index is 2.22. The van der Waals surface area contributed by atoms with Gasteiger partial charge in [0.25, 0.3) is 0 Å². The molecular weight excluding hydrogens is 310 g/mol. The molecule has 2 fully saturated rings. The summed E-state index contributed by atoms with van der Waals surface area (Å²) in [5.74, 6) is -0.310. The second kappa shape index (κ2) is 5.61. The van der Waals surface area contributed by atoms with E-state index in [1.54, 1.807) is 11.8 Å². The number of esters is 1. The van der Waals surface area contributed by atoms with Crippen molar-refractivity contribution in [3.05, 3.63) is 0 Å². The highest BCUT2D eigenvalue weighted by atomic mass is 16.7. The van der Waals surface area contributed by atoms with Gasteiger partial charge in [-0.25, -0.2) is 9.59 Å². The summed E-state index contributed by atoms with van der Waals surface area (Å²) in [6.45, 7) is 15.7. The van der Waals surface area contributed by atoms with Gasteiger partial charge < -0.3 is 14.2 Å². The van der Waals surface area contributed by atoms with E-state index in [1.807, 2.05) is 48.5 Å². The van der Waals surface area contributed by atoms with Crippen molar-refractivity contribution in [2.75, 3.05) is 6.61 Å². The number of likely N-dealkylation sites (tertiary alicyclic amines) is 1. The Hall–Kier alpha value is -1.30. The Kier molecular flexibility index (Phi) is 4.45. The zero-order valence-electron chi connectivity index (χ0n) is 16.2. The lowest BCUT2D eigenvalue weighted by Crippen LogP contribution is -2.65. The van der Waals surface area contributed by atoms with E-state index in [2.05, 4.69) is 0 Å². The minimum atomic E-state index is -0.554. The molecule has 0 radical (unpaired) electrons. The first-order valence-electron chi connectivity index (χ1n) is 8.62. The summed E-state index contributed by atoms with van der Waals surface area (Å²) in [6, 6.07) is 0. The van der Waals surface area contributed by atoms with Crippen LogP contribution >= 0.6 is 0 Å². The number of hydrogen-bond acceptors (Lipinski definition) is 5. The van der Waals surface area contributed by atoms with Crippen LogP contribution in [0.4, 0.5) is 4.79 Å². The van der Waals surface area contributed by atoms with Gasteiger partial charge in [0, 0.05) is 23.9 Å². The molecule has 0 aromatic rings. The Morgan fingerprint density at radius 3 is 2.04 bits per heavy atom. The number of piperidine rings is 1. The third kappa shape index (κ3) is 3.53. The van der Waals surface area contributed by atoms with Crippen LogP contribution in [-0.2, 0) is 19.0 Å². The van der Waals surface area contributed by atoms with Gasteiger partial charge in [-0.15, -0.1) is 0 Å². The van der Waals surface area contributed by atoms with Gasteiger partial charge in [0.2, 0.25) is 0 Å². The SMILES string of the molecule is CCOC(=O)C1OC12CC(C)(C)N(C(=O)OC(C)(C)C)C(C)(C)C2. The highest BCUT2D eigenvalue weighted by Crippen LogP contribution is 2.55. The summed E-state index contributed by atoms with van der Waals surface area (Å²) < 4.78 is 16.5. The van der Waals surface area contributed by atoms with Gasteiger partial charge in [0.1, 0.15) is 11.2 Å². The molecule has 6 heteroatoms. The number of nitrogens with zero attached hydrogens (tertiary/aromatic N) is 1. The number of carbonyl (C=O) groups excluding carboxylic acids is 2. The average molecular weight is 341 g/mol. The molecule has 0 aliphatic carbocycles. The second-order valence-corrected chi connectivity index (χ2v) is 9.11. The lowest BCUT2D eigenvalue weighted by molar-refractivity contribution is -0.144. The maximum Gasteiger partial charge on any atom is 0.411 e. The molecule has 2 heterocycles. The molecule has 2 aliphatic rings. The van der Waals surface area contributed by atoms with Crippen molar-refractivity contribution in [3.63, 3.8) is 0 Å². The molecule has 2 aliphatic heterocycles. The van der Waals surface area contributed by atoms with Gasteiger partial charge in [-0.05, 0) is 55.4 Å². The predicted octanol–water partition coefficient (Wildman–Crippen LogP) is 3.28. The van der Waals surface area contributed by atoms with Crippen molar-refractivity contribution in [1.29, 1.82) is 0 Å². The highest BCUT2D eigenvalue weighted by Gasteiger charge is 2.69. The predicted molar refractivity (Wildman–Crippen MR) is 89.7 cm³/mol. The normalized spacial score (nSPS) is 26.8. The molecule has 0 aromatic carbocycles. The number of carbonyl (C=O) groups is 2. The zero-order valence-corrected chi connectivity index (χ0v) is 16.2. The van der Waals surface area contributed by atoms with Crippen LogP contribution < -0.4 is 0 Å². The van der Waals surface area contributed by atoms with E-state index in [4.69, 9.17) is 14.2 Å². The summed E-state index contributed by atoms with van der Waals surface area (Å²) in [4.78, 5) is 26.6. The molecule has 1 spiro atoms. The van der Waals surface area contributed by atoms with Gasteiger partial charge in [-0.1, -0.05) is 0 Å². The fourth-order valence-electron chi connectivity index (χ4n) is 4.26. The zero-order chi connectivity index (χ0) is 18.6. The van der Waals surface area contributed by atoms with E-state index in [-0.39, 0.29) is 12.1 Å². The summed E-state index contributed by atoms with van der Waals surface area (Å²) in [5, 5.41) is 0. The van der Waals surface area contributed by atoms with Crippen molar-refractivity contribution in [1.82, 2.24) is 4.90 Å². The van der Waals surface area contributed by atoms with Gasteiger partial charge in [-0.3, -0.25) is 4.90 Å². The summed E-state index contributed by atoms with van der Waals surface area (Å²) in [7, 11) is 0. The highest BCUT2D eigenvalue weighted by molar-refractivity contribution is 5.80. The summed E-state index contributed by atoms with van der Waals surface area (Å²) in [5.41, 5.74) is -2.09. The molecule has 1 atom stereocenters. The largest absolute Gasteiger partial charge is 0.464 e. The standard InChI is InChI=1S/C18H31NO5/c1-9-22-13(20)12-18(23-12)10-16(5,6)19(17(7,8)11-18)14(21)24-15(2,3)4/h12H,9-11H2,1-8H3. The average Bonchev–Trinajstić information content (AvgIpc) is 2.95. The van der Waals surface area contributed by atoms with Gasteiger partial charge in [0.05, 0.1) is 6.61 Å². The first-order chi connectivity index (χ1) is 10.7. The number of amides is 1. The molecule has 1 unspecified atom stereocenters. The minimum absolute atomic E-state index is 0.310. The van der Waals surface area contributed by atoms with Crippen LogP contribution in [0.5, 0.6) is 0 Å². The molecule has 1 amide bonds. The van der Waals surface area contributed by atoms with Crippen LogP contribution in [0.15, 0.2) is 0 Å². The molecule has 0 bridgehead atoms. The maximum atomic E-state index is 12.8. The molecule has 2 saturated heterocycles. The number of ether oxygens (including phenoxy) is 3. The molecule has 138 valence electrons. The third-order valence-corrected chi connectivity index (χ3v) is 4.52. The fraction of sp³-hybridized carbons (Fsp3) is 0.889. The first-order valence-corrected chi connectivity index (χ1v) is 8.62. The smallest absolute Gasteiger partial charge is 0.411 e. The minimum Gasteiger partial charge on any atom is -0.464 e. The van der Waals surface area contributed by atoms with E-state index in [9.17, 15) is 9.59 Å². The van der Waals surface area contributed by atoms with Crippen LogP contribution in [0, 0.1) is 0 Å². The van der Waals surface area contributed by atoms with E-state index in [0.717, 1.165) is 0 Å². The van der Waals surface area contributed by atoms with Crippen LogP contribution in [0.2, 0.25) is 0 Å². The lowest BCUT2D eigenvalue weighted by Gasteiger charge is -2.54. The van der Waals surface area contributed by atoms with Crippen LogP contribution in [-0.4, -0.2) is 52.0 Å². The van der Waals surface area contributed by atoms with Crippen LogP contribution in [0.1, 0.15) is 68.2 Å². The Morgan fingerprint density at radius 1 is 1.12 bits per heavy atom. The maximum absolute atomic E-state index is 12.8. The van der Waals surface area contributed by atoms with Crippen molar-refractivity contribution in [2.24, 2.45) is 0 Å². The van der Waals surface area contributed by atoms with Gasteiger partial charge in [0.15, 0.2) is 6.10 Å². The molecule has 0 saturated carbocycles. The van der Waals surface area contributed by atoms with Gasteiger partial charge >= 0.3 is 12.1 Å². The Bertz CT molecular complexity index is 514. The summed E-state index contributed by atoms with van der Waals surface area (Å²) in [6.07, 6.45) is 0.288. The monoisotopic (exact) mass is 341 g/mol. The third-order valence-electron chi connectivity index (χ3n) is 4.52. The molecule has 2 rings (SSSR count).